The van der Waals surface area contributed by atoms with Crippen LogP contribution in [0.5, 0.6) is 0 Å². The van der Waals surface area contributed by atoms with Crippen molar-refractivity contribution in [2.75, 3.05) is 13.2 Å². The maximum absolute atomic E-state index is 12.8. The van der Waals surface area contributed by atoms with Crippen molar-refractivity contribution in [3.63, 3.8) is 0 Å². The first-order chi connectivity index (χ1) is 31.0. The average molecular weight is 885 g/mol. The summed E-state index contributed by atoms with van der Waals surface area (Å²) in [5.74, 6) is -0.867. The van der Waals surface area contributed by atoms with Gasteiger partial charge in [0.1, 0.15) is 13.2 Å². The summed E-state index contributed by atoms with van der Waals surface area (Å²) in [4.78, 5) is 38.1. The second kappa shape index (κ2) is 52.3. The summed E-state index contributed by atoms with van der Waals surface area (Å²) >= 11 is 0. The Kier molecular flexibility index (Phi) is 50.3. The number of ether oxygens (including phenoxy) is 3. The molecule has 0 radical (unpaired) electrons. The van der Waals surface area contributed by atoms with Crippen molar-refractivity contribution in [3.05, 3.63) is 36.5 Å². The first kappa shape index (κ1) is 60.6. The van der Waals surface area contributed by atoms with E-state index in [1.54, 1.807) is 0 Å². The largest absolute Gasteiger partial charge is 0.462 e. The van der Waals surface area contributed by atoms with Gasteiger partial charge in [-0.05, 0) is 38.5 Å². The zero-order valence-electron chi connectivity index (χ0n) is 42.1. The Morgan fingerprint density at radius 2 is 0.619 bits per heavy atom. The molecule has 0 saturated carbocycles. The fourth-order valence-corrected chi connectivity index (χ4v) is 8.09. The Morgan fingerprint density at radius 3 is 0.952 bits per heavy atom. The van der Waals surface area contributed by atoms with Crippen molar-refractivity contribution < 1.29 is 28.6 Å². The van der Waals surface area contributed by atoms with Crippen LogP contribution in [0.4, 0.5) is 0 Å². The molecule has 0 rings (SSSR count). The van der Waals surface area contributed by atoms with Crippen molar-refractivity contribution in [2.45, 2.75) is 297 Å². The second-order valence-electron chi connectivity index (χ2n) is 18.5. The van der Waals surface area contributed by atoms with E-state index < -0.39 is 6.10 Å². The molecule has 6 nitrogen and oxygen atoms in total. The van der Waals surface area contributed by atoms with E-state index in [2.05, 4.69) is 57.2 Å². The first-order valence-corrected chi connectivity index (χ1v) is 27.5. The number of hydrogen-bond acceptors (Lipinski definition) is 6. The van der Waals surface area contributed by atoms with Crippen molar-refractivity contribution in [1.29, 1.82) is 0 Å². The lowest BCUT2D eigenvalue weighted by Crippen LogP contribution is -2.30. The molecule has 0 spiro atoms. The Bertz CT molecular complexity index is 1060. The van der Waals surface area contributed by atoms with E-state index in [4.69, 9.17) is 14.2 Å². The van der Waals surface area contributed by atoms with Gasteiger partial charge in [0.15, 0.2) is 6.10 Å². The summed E-state index contributed by atoms with van der Waals surface area (Å²) in [6, 6.07) is 0. The normalized spacial score (nSPS) is 12.2. The van der Waals surface area contributed by atoms with E-state index >= 15 is 0 Å². The van der Waals surface area contributed by atoms with E-state index in [9.17, 15) is 14.4 Å². The number of unbranched alkanes of at least 4 members (excludes halogenated alkanes) is 35. The summed E-state index contributed by atoms with van der Waals surface area (Å²) in [5, 5.41) is 0. The summed E-state index contributed by atoms with van der Waals surface area (Å²) in [6.07, 6.45) is 61.3. The molecule has 0 amide bonds. The van der Waals surface area contributed by atoms with Crippen LogP contribution in [0.25, 0.3) is 0 Å². The van der Waals surface area contributed by atoms with Gasteiger partial charge in [-0.3, -0.25) is 14.4 Å². The number of rotatable bonds is 50. The highest BCUT2D eigenvalue weighted by Crippen LogP contribution is 2.17. The maximum atomic E-state index is 12.8. The zero-order valence-corrected chi connectivity index (χ0v) is 42.1. The molecule has 63 heavy (non-hydrogen) atoms. The molecule has 0 bridgehead atoms. The van der Waals surface area contributed by atoms with E-state index in [1.807, 2.05) is 0 Å². The molecule has 0 saturated heterocycles. The van der Waals surface area contributed by atoms with Gasteiger partial charge in [0.05, 0.1) is 0 Å². The molecule has 0 N–H and O–H groups in total. The van der Waals surface area contributed by atoms with Gasteiger partial charge in [0.2, 0.25) is 0 Å². The number of allylic oxidation sites excluding steroid dienone is 6. The van der Waals surface area contributed by atoms with Crippen molar-refractivity contribution >= 4 is 17.9 Å². The molecule has 0 aliphatic rings. The SMILES string of the molecule is CC\C=C/C=C\C=C/CCCCCCCCCC(=O)OCC(COC(=O)CCCCCCCCCCCCCCCCC)OC(=O)CCCCCCCCCCCCCCCCC. The number of carbonyl (C=O) groups excluding carboxylic acids is 3. The fourth-order valence-electron chi connectivity index (χ4n) is 8.09. The molecular weight excluding hydrogens is 781 g/mol. The minimum Gasteiger partial charge on any atom is -0.462 e. The van der Waals surface area contributed by atoms with E-state index in [1.165, 1.54) is 180 Å². The van der Waals surface area contributed by atoms with Crippen LogP contribution in [-0.2, 0) is 28.6 Å². The molecular formula is C57H104O6. The van der Waals surface area contributed by atoms with Gasteiger partial charge >= 0.3 is 17.9 Å². The lowest BCUT2D eigenvalue weighted by atomic mass is 10.0. The van der Waals surface area contributed by atoms with Crippen LogP contribution in [0.3, 0.4) is 0 Å². The molecule has 1 atom stereocenters. The number of esters is 3. The monoisotopic (exact) mass is 885 g/mol. The Morgan fingerprint density at radius 1 is 0.333 bits per heavy atom. The highest BCUT2D eigenvalue weighted by atomic mass is 16.6. The summed E-state index contributed by atoms with van der Waals surface area (Å²) in [5.41, 5.74) is 0. The van der Waals surface area contributed by atoms with Crippen molar-refractivity contribution in [2.24, 2.45) is 0 Å². The summed E-state index contributed by atoms with van der Waals surface area (Å²) < 4.78 is 16.8. The van der Waals surface area contributed by atoms with E-state index in [0.29, 0.717) is 19.3 Å². The van der Waals surface area contributed by atoms with E-state index in [-0.39, 0.29) is 31.1 Å². The van der Waals surface area contributed by atoms with Crippen LogP contribution in [0.15, 0.2) is 36.5 Å². The molecule has 1 unspecified atom stereocenters. The predicted octanol–water partition coefficient (Wildman–Crippen LogP) is 18.1. The van der Waals surface area contributed by atoms with Gasteiger partial charge < -0.3 is 14.2 Å². The molecule has 0 heterocycles. The van der Waals surface area contributed by atoms with Crippen molar-refractivity contribution in [3.8, 4) is 0 Å². The van der Waals surface area contributed by atoms with Crippen molar-refractivity contribution in [1.82, 2.24) is 0 Å². The quantitative estimate of drug-likeness (QED) is 0.0262. The summed E-state index contributed by atoms with van der Waals surface area (Å²) in [7, 11) is 0. The standard InChI is InChI=1S/C57H104O6/c1-4-7-10-13-16-19-22-25-28-31-34-37-40-43-46-49-55(58)61-52-54(63-57(60)51-48-45-42-39-36-33-30-27-24-21-18-15-12-9-6-3)53-62-56(59)50-47-44-41-38-35-32-29-26-23-20-17-14-11-8-5-2/h7,10,13,16,19,22,54H,4-6,8-9,11-12,14-15,17-18,20-21,23-53H2,1-3H3/b10-7-,16-13-,22-19-. The Hall–Kier alpha value is -2.37. The highest BCUT2D eigenvalue weighted by Gasteiger charge is 2.19. The van der Waals surface area contributed by atoms with Gasteiger partial charge in [-0.25, -0.2) is 0 Å². The molecule has 6 heteroatoms. The van der Waals surface area contributed by atoms with Crippen LogP contribution >= 0.6 is 0 Å². The third-order valence-electron chi connectivity index (χ3n) is 12.2. The van der Waals surface area contributed by atoms with Crippen LogP contribution in [0.1, 0.15) is 290 Å². The third-order valence-corrected chi connectivity index (χ3v) is 12.2. The predicted molar refractivity (Wildman–Crippen MR) is 270 cm³/mol. The molecule has 368 valence electrons. The van der Waals surface area contributed by atoms with Crippen LogP contribution < -0.4 is 0 Å². The topological polar surface area (TPSA) is 78.9 Å². The smallest absolute Gasteiger partial charge is 0.306 e. The molecule has 0 aromatic heterocycles. The minimum absolute atomic E-state index is 0.0712. The lowest BCUT2D eigenvalue weighted by molar-refractivity contribution is -0.167. The first-order valence-electron chi connectivity index (χ1n) is 27.5. The lowest BCUT2D eigenvalue weighted by Gasteiger charge is -2.18. The summed E-state index contributed by atoms with van der Waals surface area (Å²) in [6.45, 7) is 6.54. The maximum Gasteiger partial charge on any atom is 0.306 e. The molecule has 0 aromatic carbocycles. The average Bonchev–Trinajstić information content (AvgIpc) is 3.28. The van der Waals surface area contributed by atoms with Gasteiger partial charge in [-0.2, -0.15) is 0 Å². The van der Waals surface area contributed by atoms with Gasteiger partial charge in [0, 0.05) is 19.3 Å². The van der Waals surface area contributed by atoms with Crippen LogP contribution in [0.2, 0.25) is 0 Å². The highest BCUT2D eigenvalue weighted by molar-refractivity contribution is 5.71. The van der Waals surface area contributed by atoms with Gasteiger partial charge in [0.25, 0.3) is 0 Å². The fraction of sp³-hybridized carbons (Fsp3) is 0.842. The molecule has 0 aliphatic heterocycles. The third kappa shape index (κ3) is 50.5. The van der Waals surface area contributed by atoms with Crippen LogP contribution in [-0.4, -0.2) is 37.2 Å². The Balaban J connectivity index is 4.35. The van der Waals surface area contributed by atoms with Gasteiger partial charge in [-0.15, -0.1) is 0 Å². The van der Waals surface area contributed by atoms with Gasteiger partial charge in [-0.1, -0.05) is 269 Å². The minimum atomic E-state index is -0.772. The number of carbonyl (C=O) groups is 3. The molecule has 0 fully saturated rings. The number of hydrogen-bond donors (Lipinski definition) is 0. The zero-order chi connectivity index (χ0) is 45.8. The molecule has 0 aliphatic carbocycles. The molecule has 0 aromatic rings. The van der Waals surface area contributed by atoms with E-state index in [0.717, 1.165) is 70.6 Å². The second-order valence-corrected chi connectivity index (χ2v) is 18.5. The van der Waals surface area contributed by atoms with Crippen LogP contribution in [0, 0.1) is 0 Å². The Labute approximate surface area is 391 Å².